The van der Waals surface area contributed by atoms with Gasteiger partial charge in [-0.25, -0.2) is 0 Å². The van der Waals surface area contributed by atoms with Gasteiger partial charge in [0.15, 0.2) is 0 Å². The Bertz CT molecular complexity index is 384. The summed E-state index contributed by atoms with van der Waals surface area (Å²) in [6.45, 7) is 8.21. The molecule has 98 valence electrons. The molecule has 1 unspecified atom stereocenters. The van der Waals surface area contributed by atoms with E-state index in [9.17, 15) is 0 Å². The highest BCUT2D eigenvalue weighted by Gasteiger charge is 2.36. The van der Waals surface area contributed by atoms with E-state index in [2.05, 4.69) is 48.3 Å². The molecule has 2 heteroatoms. The first-order chi connectivity index (χ1) is 8.74. The van der Waals surface area contributed by atoms with E-state index in [1.807, 2.05) is 0 Å². The molecule has 1 aromatic rings. The number of rotatable bonds is 2. The Kier molecular flexibility index (Phi) is 3.40. The molecule has 2 heterocycles. The van der Waals surface area contributed by atoms with Gasteiger partial charge < -0.3 is 5.32 Å². The molecule has 2 aliphatic heterocycles. The van der Waals surface area contributed by atoms with Gasteiger partial charge in [0.1, 0.15) is 0 Å². The number of likely N-dealkylation sites (tertiary alicyclic amines) is 1. The number of aryl methyl sites for hydroxylation is 1. The van der Waals surface area contributed by atoms with Crippen molar-refractivity contribution in [2.24, 2.45) is 5.92 Å². The zero-order valence-corrected chi connectivity index (χ0v) is 11.5. The minimum absolute atomic E-state index is 0.554. The number of hydrogen-bond donors (Lipinski definition) is 1. The largest absolute Gasteiger partial charge is 0.312 e. The lowest BCUT2D eigenvalue weighted by Crippen LogP contribution is -2.40. The second kappa shape index (κ2) is 5.02. The van der Waals surface area contributed by atoms with Gasteiger partial charge in [0.2, 0.25) is 0 Å². The minimum atomic E-state index is 0.554. The highest BCUT2D eigenvalue weighted by Crippen LogP contribution is 2.31. The van der Waals surface area contributed by atoms with Gasteiger partial charge in [-0.05, 0) is 44.7 Å². The number of nitrogens with zero attached hydrogens (tertiary/aromatic N) is 1. The highest BCUT2D eigenvalue weighted by atomic mass is 15.2. The molecule has 18 heavy (non-hydrogen) atoms. The molecule has 0 saturated carbocycles. The van der Waals surface area contributed by atoms with Gasteiger partial charge in [-0.2, -0.15) is 0 Å². The van der Waals surface area contributed by atoms with Gasteiger partial charge in [-0.15, -0.1) is 0 Å². The Hall–Kier alpha value is -0.860. The number of nitrogens with one attached hydrogen (secondary N) is 1. The lowest BCUT2D eigenvalue weighted by molar-refractivity contribution is 0.251. The van der Waals surface area contributed by atoms with Crippen LogP contribution in [0, 0.1) is 12.8 Å². The van der Waals surface area contributed by atoms with Crippen LogP contribution in [0.5, 0.6) is 0 Å². The van der Waals surface area contributed by atoms with Crippen LogP contribution in [0.2, 0.25) is 0 Å². The topological polar surface area (TPSA) is 15.3 Å². The van der Waals surface area contributed by atoms with E-state index in [0.29, 0.717) is 6.04 Å². The average Bonchev–Trinajstić information content (AvgIpc) is 2.82. The molecule has 2 fully saturated rings. The Morgan fingerprint density at radius 1 is 1.22 bits per heavy atom. The molecule has 0 spiro atoms. The first kappa shape index (κ1) is 12.2. The van der Waals surface area contributed by atoms with Gasteiger partial charge in [-0.3, -0.25) is 4.90 Å². The van der Waals surface area contributed by atoms with Crippen molar-refractivity contribution in [2.45, 2.75) is 38.8 Å². The average molecular weight is 244 g/mol. The van der Waals surface area contributed by atoms with Gasteiger partial charge in [-0.1, -0.05) is 29.8 Å². The van der Waals surface area contributed by atoms with Crippen molar-refractivity contribution in [3.63, 3.8) is 0 Å². The molecule has 3 atom stereocenters. The predicted octanol–water partition coefficient (Wildman–Crippen LogP) is 2.74. The molecule has 2 nitrogen and oxygen atoms in total. The maximum Gasteiger partial charge on any atom is 0.0320 e. The van der Waals surface area contributed by atoms with Crippen molar-refractivity contribution in [1.82, 2.24) is 10.2 Å². The fraction of sp³-hybridized carbons (Fsp3) is 0.625. The molecule has 0 aromatic heterocycles. The standard InChI is InChI=1S/C16H24N2/c1-12-5-7-14(8-6-12)13(2)18-10-15-4-3-9-17-16(15)11-18/h5-8,13,15-17H,3-4,9-11H2,1-2H3/t13?,15-,16+/m0/s1. The van der Waals surface area contributed by atoms with Crippen molar-refractivity contribution < 1.29 is 0 Å². The maximum absolute atomic E-state index is 3.68. The summed E-state index contributed by atoms with van der Waals surface area (Å²) >= 11 is 0. The van der Waals surface area contributed by atoms with Crippen LogP contribution in [0.3, 0.4) is 0 Å². The molecule has 1 aromatic carbocycles. The van der Waals surface area contributed by atoms with E-state index in [-0.39, 0.29) is 0 Å². The summed E-state index contributed by atoms with van der Waals surface area (Å²) in [6, 6.07) is 10.3. The van der Waals surface area contributed by atoms with Crippen LogP contribution in [0.15, 0.2) is 24.3 Å². The second-order valence-corrected chi connectivity index (χ2v) is 6.00. The monoisotopic (exact) mass is 244 g/mol. The molecule has 0 amide bonds. The van der Waals surface area contributed by atoms with E-state index in [0.717, 1.165) is 12.0 Å². The Morgan fingerprint density at radius 2 is 2.00 bits per heavy atom. The molecular formula is C16H24N2. The quantitative estimate of drug-likeness (QED) is 0.860. The summed E-state index contributed by atoms with van der Waals surface area (Å²) < 4.78 is 0. The summed E-state index contributed by atoms with van der Waals surface area (Å²) in [7, 11) is 0. The van der Waals surface area contributed by atoms with Crippen LogP contribution in [0.1, 0.15) is 36.9 Å². The zero-order valence-electron chi connectivity index (χ0n) is 11.5. The van der Waals surface area contributed by atoms with Crippen molar-refractivity contribution in [3.05, 3.63) is 35.4 Å². The van der Waals surface area contributed by atoms with Crippen LogP contribution >= 0.6 is 0 Å². The third-order valence-corrected chi connectivity index (χ3v) is 4.73. The SMILES string of the molecule is Cc1ccc(C(C)N2C[C@@H]3CCCN[C@@H]3C2)cc1. The Morgan fingerprint density at radius 3 is 2.72 bits per heavy atom. The summed E-state index contributed by atoms with van der Waals surface area (Å²) in [5.74, 6) is 0.881. The number of hydrogen-bond acceptors (Lipinski definition) is 2. The van der Waals surface area contributed by atoms with E-state index in [1.54, 1.807) is 0 Å². The van der Waals surface area contributed by atoms with Gasteiger partial charge in [0, 0.05) is 25.2 Å². The second-order valence-electron chi connectivity index (χ2n) is 6.00. The fourth-order valence-electron chi connectivity index (χ4n) is 3.45. The number of piperidine rings is 1. The molecule has 2 saturated heterocycles. The van der Waals surface area contributed by atoms with Crippen molar-refractivity contribution in [3.8, 4) is 0 Å². The molecule has 1 N–H and O–H groups in total. The third-order valence-electron chi connectivity index (χ3n) is 4.73. The summed E-state index contributed by atoms with van der Waals surface area (Å²) in [4.78, 5) is 2.65. The van der Waals surface area contributed by atoms with Crippen LogP contribution < -0.4 is 5.32 Å². The van der Waals surface area contributed by atoms with E-state index in [1.165, 1.54) is 43.6 Å². The van der Waals surface area contributed by atoms with E-state index >= 15 is 0 Å². The van der Waals surface area contributed by atoms with Gasteiger partial charge >= 0.3 is 0 Å². The summed E-state index contributed by atoms with van der Waals surface area (Å²) in [5, 5.41) is 3.68. The van der Waals surface area contributed by atoms with Crippen LogP contribution in [-0.4, -0.2) is 30.6 Å². The number of benzene rings is 1. The lowest BCUT2D eigenvalue weighted by atomic mass is 9.94. The summed E-state index contributed by atoms with van der Waals surface area (Å²) in [5.41, 5.74) is 2.81. The molecule has 2 aliphatic rings. The summed E-state index contributed by atoms with van der Waals surface area (Å²) in [6.07, 6.45) is 2.77. The number of fused-ring (bicyclic) bond motifs is 1. The van der Waals surface area contributed by atoms with Crippen molar-refractivity contribution in [1.29, 1.82) is 0 Å². The van der Waals surface area contributed by atoms with Crippen molar-refractivity contribution in [2.75, 3.05) is 19.6 Å². The van der Waals surface area contributed by atoms with E-state index in [4.69, 9.17) is 0 Å². The van der Waals surface area contributed by atoms with Crippen LogP contribution in [0.4, 0.5) is 0 Å². The van der Waals surface area contributed by atoms with Crippen LogP contribution in [-0.2, 0) is 0 Å². The fourth-order valence-corrected chi connectivity index (χ4v) is 3.45. The van der Waals surface area contributed by atoms with E-state index < -0.39 is 0 Å². The van der Waals surface area contributed by atoms with Crippen molar-refractivity contribution >= 4 is 0 Å². The molecule has 3 rings (SSSR count). The minimum Gasteiger partial charge on any atom is -0.312 e. The maximum atomic E-state index is 3.68. The highest BCUT2D eigenvalue weighted by molar-refractivity contribution is 5.24. The first-order valence-corrected chi connectivity index (χ1v) is 7.28. The molecular weight excluding hydrogens is 220 g/mol. The van der Waals surface area contributed by atoms with Gasteiger partial charge in [0.25, 0.3) is 0 Å². The normalized spacial score (nSPS) is 30.1. The molecule has 0 bridgehead atoms. The molecule has 0 radical (unpaired) electrons. The first-order valence-electron chi connectivity index (χ1n) is 7.28. The Labute approximate surface area is 110 Å². The molecule has 0 aliphatic carbocycles. The third kappa shape index (κ3) is 2.32. The zero-order chi connectivity index (χ0) is 12.5. The van der Waals surface area contributed by atoms with Crippen LogP contribution in [0.25, 0.3) is 0 Å². The van der Waals surface area contributed by atoms with Gasteiger partial charge in [0.05, 0.1) is 0 Å². The Balaban J connectivity index is 1.70. The smallest absolute Gasteiger partial charge is 0.0320 e. The predicted molar refractivity (Wildman–Crippen MR) is 75.7 cm³/mol. The lowest BCUT2D eigenvalue weighted by Gasteiger charge is -2.25.